The number of halogens is 1. The topological polar surface area (TPSA) is 0 Å². The van der Waals surface area contributed by atoms with E-state index in [2.05, 4.69) is 26.0 Å². The van der Waals surface area contributed by atoms with Crippen LogP contribution in [-0.2, 0) is 0 Å². The van der Waals surface area contributed by atoms with Gasteiger partial charge in [0.2, 0.25) is 0 Å². The molecule has 0 bridgehead atoms. The quantitative estimate of drug-likeness (QED) is 0.457. The molecule has 50 valence electrons. The Bertz CT molecular complexity index is 165. The molecule has 1 atom stereocenters. The predicted molar refractivity (Wildman–Crippen MR) is 41.8 cm³/mol. The van der Waals surface area contributed by atoms with E-state index in [0.29, 0.717) is 0 Å². The van der Waals surface area contributed by atoms with Crippen LogP contribution in [0.3, 0.4) is 0 Å². The van der Waals surface area contributed by atoms with E-state index in [1.54, 1.807) is 0 Å². The van der Waals surface area contributed by atoms with Gasteiger partial charge in [-0.05, 0) is 20.3 Å². The minimum Gasteiger partial charge on any atom is -0.118 e. The fourth-order valence-electron chi connectivity index (χ4n) is 0.920. The van der Waals surface area contributed by atoms with Crippen molar-refractivity contribution in [2.75, 3.05) is 0 Å². The van der Waals surface area contributed by atoms with Gasteiger partial charge in [0.1, 0.15) is 0 Å². The number of allylic oxidation sites excluding steroid dienone is 4. The van der Waals surface area contributed by atoms with Gasteiger partial charge in [0.15, 0.2) is 0 Å². The minimum absolute atomic E-state index is 0.245. The molecule has 1 heteroatoms. The molecule has 0 N–H and O–H groups in total. The largest absolute Gasteiger partial charge is 0.118 e. The Balaban J connectivity index is 2.83. The van der Waals surface area contributed by atoms with Crippen molar-refractivity contribution in [3.05, 3.63) is 23.3 Å². The van der Waals surface area contributed by atoms with Crippen LogP contribution in [0.25, 0.3) is 0 Å². The fourth-order valence-corrected chi connectivity index (χ4v) is 1.19. The van der Waals surface area contributed by atoms with E-state index in [4.69, 9.17) is 11.6 Å². The second-order valence-corrected chi connectivity index (χ2v) is 3.00. The van der Waals surface area contributed by atoms with Crippen LogP contribution in [0.2, 0.25) is 0 Å². The van der Waals surface area contributed by atoms with Crippen molar-refractivity contribution in [3.8, 4) is 0 Å². The third-order valence-corrected chi connectivity index (χ3v) is 2.31. The second kappa shape index (κ2) is 2.57. The molecule has 0 amide bonds. The van der Waals surface area contributed by atoms with E-state index in [9.17, 15) is 0 Å². The van der Waals surface area contributed by atoms with Crippen molar-refractivity contribution in [3.63, 3.8) is 0 Å². The van der Waals surface area contributed by atoms with Crippen LogP contribution in [0, 0.1) is 0 Å². The first-order valence-electron chi connectivity index (χ1n) is 3.20. The Kier molecular flexibility index (Phi) is 1.97. The molecule has 0 heterocycles. The highest BCUT2D eigenvalue weighted by Gasteiger charge is 2.09. The summed E-state index contributed by atoms with van der Waals surface area (Å²) in [5, 5.41) is 0.245. The lowest BCUT2D eigenvalue weighted by atomic mass is 10.0. The van der Waals surface area contributed by atoms with Crippen molar-refractivity contribution in [2.45, 2.75) is 25.6 Å². The number of alkyl halides is 1. The van der Waals surface area contributed by atoms with Gasteiger partial charge in [0.05, 0.1) is 5.38 Å². The summed E-state index contributed by atoms with van der Waals surface area (Å²) >= 11 is 5.95. The minimum atomic E-state index is 0.245. The Hall–Kier alpha value is -0.230. The molecule has 1 rings (SSSR count). The molecule has 0 saturated carbocycles. The summed E-state index contributed by atoms with van der Waals surface area (Å²) in [4.78, 5) is 0. The molecular formula is C8H11Cl. The maximum absolute atomic E-state index is 5.95. The summed E-state index contributed by atoms with van der Waals surface area (Å²) in [6, 6.07) is 0. The molecule has 1 unspecified atom stereocenters. The van der Waals surface area contributed by atoms with Gasteiger partial charge in [-0.2, -0.15) is 0 Å². The fraction of sp³-hybridized carbons (Fsp3) is 0.500. The Morgan fingerprint density at radius 2 is 2.22 bits per heavy atom. The summed E-state index contributed by atoms with van der Waals surface area (Å²) in [5.74, 6) is 0. The molecule has 1 aliphatic carbocycles. The predicted octanol–water partition coefficient (Wildman–Crippen LogP) is 2.89. The van der Waals surface area contributed by atoms with Gasteiger partial charge >= 0.3 is 0 Å². The van der Waals surface area contributed by atoms with E-state index in [-0.39, 0.29) is 5.38 Å². The molecular weight excluding hydrogens is 132 g/mol. The molecule has 0 aliphatic heterocycles. The zero-order valence-corrected chi connectivity index (χ0v) is 6.57. The Morgan fingerprint density at radius 3 is 2.67 bits per heavy atom. The monoisotopic (exact) mass is 142 g/mol. The van der Waals surface area contributed by atoms with Crippen LogP contribution >= 0.6 is 11.6 Å². The third-order valence-electron chi connectivity index (χ3n) is 1.80. The standard InChI is InChI=1S/C8H11Cl/c1-6-4-3-5-8(9)7(6)2/h3-4,8H,5H2,1-2H3. The van der Waals surface area contributed by atoms with Gasteiger partial charge in [0, 0.05) is 0 Å². The summed E-state index contributed by atoms with van der Waals surface area (Å²) in [7, 11) is 0. The zero-order valence-electron chi connectivity index (χ0n) is 5.82. The first kappa shape index (κ1) is 6.88. The SMILES string of the molecule is CC1=C(C)C(Cl)CC=C1. The van der Waals surface area contributed by atoms with E-state index >= 15 is 0 Å². The van der Waals surface area contributed by atoms with Gasteiger partial charge in [-0.25, -0.2) is 0 Å². The maximum Gasteiger partial charge on any atom is 0.0582 e. The van der Waals surface area contributed by atoms with E-state index < -0.39 is 0 Å². The lowest BCUT2D eigenvalue weighted by Gasteiger charge is -2.13. The average molecular weight is 143 g/mol. The molecule has 0 saturated heterocycles. The van der Waals surface area contributed by atoms with Crippen molar-refractivity contribution < 1.29 is 0 Å². The van der Waals surface area contributed by atoms with E-state index in [1.807, 2.05) is 0 Å². The van der Waals surface area contributed by atoms with Crippen molar-refractivity contribution >= 4 is 11.6 Å². The smallest absolute Gasteiger partial charge is 0.0582 e. The summed E-state index contributed by atoms with van der Waals surface area (Å²) in [6.45, 7) is 4.19. The second-order valence-electron chi connectivity index (χ2n) is 2.47. The first-order chi connectivity index (χ1) is 4.22. The molecule has 0 aromatic carbocycles. The molecule has 0 nitrogen and oxygen atoms in total. The summed E-state index contributed by atoms with van der Waals surface area (Å²) in [6.07, 6.45) is 5.25. The highest BCUT2D eigenvalue weighted by atomic mass is 35.5. The lowest BCUT2D eigenvalue weighted by molar-refractivity contribution is 0.948. The van der Waals surface area contributed by atoms with Crippen LogP contribution in [-0.4, -0.2) is 5.38 Å². The highest BCUT2D eigenvalue weighted by molar-refractivity contribution is 6.22. The molecule has 1 aliphatic rings. The van der Waals surface area contributed by atoms with Crippen molar-refractivity contribution in [2.24, 2.45) is 0 Å². The lowest BCUT2D eigenvalue weighted by Crippen LogP contribution is -2.03. The van der Waals surface area contributed by atoms with Crippen LogP contribution in [0.5, 0.6) is 0 Å². The number of rotatable bonds is 0. The van der Waals surface area contributed by atoms with Gasteiger partial charge in [0.25, 0.3) is 0 Å². The van der Waals surface area contributed by atoms with Crippen molar-refractivity contribution in [1.82, 2.24) is 0 Å². The van der Waals surface area contributed by atoms with Crippen LogP contribution in [0.1, 0.15) is 20.3 Å². The van der Waals surface area contributed by atoms with Gasteiger partial charge in [-0.15, -0.1) is 11.6 Å². The third kappa shape index (κ3) is 1.36. The average Bonchev–Trinajstić information content (AvgIpc) is 1.83. The Morgan fingerprint density at radius 1 is 1.56 bits per heavy atom. The number of hydrogen-bond donors (Lipinski definition) is 0. The van der Waals surface area contributed by atoms with Crippen LogP contribution < -0.4 is 0 Å². The molecule has 0 radical (unpaired) electrons. The normalized spacial score (nSPS) is 27.2. The molecule has 0 aromatic rings. The van der Waals surface area contributed by atoms with Gasteiger partial charge < -0.3 is 0 Å². The highest BCUT2D eigenvalue weighted by Crippen LogP contribution is 2.22. The maximum atomic E-state index is 5.95. The number of hydrogen-bond acceptors (Lipinski definition) is 0. The summed E-state index contributed by atoms with van der Waals surface area (Å²) < 4.78 is 0. The molecule has 0 spiro atoms. The van der Waals surface area contributed by atoms with E-state index in [0.717, 1.165) is 6.42 Å². The Labute approximate surface area is 61.2 Å². The molecule has 0 aromatic heterocycles. The zero-order chi connectivity index (χ0) is 6.85. The van der Waals surface area contributed by atoms with Crippen LogP contribution in [0.4, 0.5) is 0 Å². The van der Waals surface area contributed by atoms with Gasteiger partial charge in [-0.3, -0.25) is 0 Å². The van der Waals surface area contributed by atoms with Gasteiger partial charge in [-0.1, -0.05) is 23.3 Å². The molecule has 9 heavy (non-hydrogen) atoms. The first-order valence-corrected chi connectivity index (χ1v) is 3.63. The van der Waals surface area contributed by atoms with Crippen molar-refractivity contribution in [1.29, 1.82) is 0 Å². The molecule has 0 fully saturated rings. The van der Waals surface area contributed by atoms with Crippen LogP contribution in [0.15, 0.2) is 23.3 Å². The van der Waals surface area contributed by atoms with E-state index in [1.165, 1.54) is 11.1 Å². The summed E-state index contributed by atoms with van der Waals surface area (Å²) in [5.41, 5.74) is 2.64.